The van der Waals surface area contributed by atoms with Crippen molar-refractivity contribution in [2.45, 2.75) is 19.5 Å². The maximum absolute atomic E-state index is 5.67. The Kier molecular flexibility index (Phi) is 4.78. The number of nitrogens with two attached hydrogens (primary N) is 1. The fourth-order valence-electron chi connectivity index (χ4n) is 1.64. The number of nitrogens with zero attached hydrogens (tertiary/aromatic N) is 2. The molecule has 2 aromatic rings. The topological polar surface area (TPSA) is 53.1 Å². The Hall–Kier alpha value is -1.33. The van der Waals surface area contributed by atoms with Crippen LogP contribution in [0.15, 0.2) is 41.1 Å². The highest BCUT2D eigenvalue weighted by Gasteiger charge is 1.97. The smallest absolute Gasteiger partial charge is 0.119 e. The molecule has 1 heterocycles. The minimum atomic E-state index is 0.540. The summed E-state index contributed by atoms with van der Waals surface area (Å²) < 4.78 is 8.56. The number of aromatic nitrogens is 2. The van der Waals surface area contributed by atoms with Crippen LogP contribution in [-0.4, -0.2) is 16.4 Å². The van der Waals surface area contributed by atoms with Crippen LogP contribution in [0.1, 0.15) is 12.0 Å². The van der Waals surface area contributed by atoms with Gasteiger partial charge < -0.3 is 10.5 Å². The molecule has 5 heteroatoms. The van der Waals surface area contributed by atoms with Gasteiger partial charge in [0.15, 0.2) is 0 Å². The molecule has 0 atom stereocenters. The third-order valence-corrected chi connectivity index (χ3v) is 2.95. The standard InChI is InChI=1S/C13H16BrN3O/c14-12-9-16-17(10-12)5-2-6-18-13-4-1-3-11(7-13)8-15/h1,3-4,7,9-10H,2,5-6,8,15H2. The van der Waals surface area contributed by atoms with Crippen LogP contribution in [0.2, 0.25) is 0 Å². The Morgan fingerprint density at radius 2 is 2.28 bits per heavy atom. The van der Waals surface area contributed by atoms with Crippen LogP contribution in [0.5, 0.6) is 5.75 Å². The van der Waals surface area contributed by atoms with Crippen LogP contribution in [0.25, 0.3) is 0 Å². The Morgan fingerprint density at radius 1 is 1.39 bits per heavy atom. The third-order valence-electron chi connectivity index (χ3n) is 2.54. The van der Waals surface area contributed by atoms with E-state index in [-0.39, 0.29) is 0 Å². The lowest BCUT2D eigenvalue weighted by molar-refractivity contribution is 0.298. The first-order valence-electron chi connectivity index (χ1n) is 5.87. The molecule has 0 saturated carbocycles. The Balaban J connectivity index is 1.74. The molecule has 0 unspecified atom stereocenters. The SMILES string of the molecule is NCc1cccc(OCCCn2cc(Br)cn2)c1. The lowest BCUT2D eigenvalue weighted by atomic mass is 10.2. The summed E-state index contributed by atoms with van der Waals surface area (Å²) in [5, 5.41) is 4.19. The van der Waals surface area contributed by atoms with E-state index in [1.807, 2.05) is 35.1 Å². The molecule has 0 amide bonds. The molecule has 0 aliphatic rings. The van der Waals surface area contributed by atoms with Gasteiger partial charge in [-0.15, -0.1) is 0 Å². The van der Waals surface area contributed by atoms with Crippen molar-refractivity contribution in [3.8, 4) is 5.75 Å². The molecule has 1 aromatic heterocycles. The van der Waals surface area contributed by atoms with Crippen molar-refractivity contribution in [3.05, 3.63) is 46.7 Å². The molecule has 2 rings (SSSR count). The van der Waals surface area contributed by atoms with Gasteiger partial charge in [0.2, 0.25) is 0 Å². The Labute approximate surface area is 115 Å². The molecule has 0 bridgehead atoms. The van der Waals surface area contributed by atoms with E-state index in [9.17, 15) is 0 Å². The average Bonchev–Trinajstić information content (AvgIpc) is 2.81. The molecule has 0 aliphatic heterocycles. The van der Waals surface area contributed by atoms with Gasteiger partial charge in [0, 0.05) is 25.7 Å². The van der Waals surface area contributed by atoms with E-state index in [0.717, 1.165) is 28.8 Å². The molecule has 0 spiro atoms. The first-order chi connectivity index (χ1) is 8.78. The first kappa shape index (κ1) is 13.1. The number of benzene rings is 1. The predicted molar refractivity (Wildman–Crippen MR) is 74.4 cm³/mol. The summed E-state index contributed by atoms with van der Waals surface area (Å²) in [7, 11) is 0. The van der Waals surface area contributed by atoms with Crippen molar-refractivity contribution in [3.63, 3.8) is 0 Å². The van der Waals surface area contributed by atoms with Gasteiger partial charge in [-0.2, -0.15) is 5.10 Å². The average molecular weight is 310 g/mol. The summed E-state index contributed by atoms with van der Waals surface area (Å²) in [4.78, 5) is 0. The van der Waals surface area contributed by atoms with Crippen molar-refractivity contribution in [2.24, 2.45) is 5.73 Å². The molecule has 0 fully saturated rings. The lowest BCUT2D eigenvalue weighted by Gasteiger charge is -2.07. The fourth-order valence-corrected chi connectivity index (χ4v) is 1.97. The lowest BCUT2D eigenvalue weighted by Crippen LogP contribution is -2.05. The monoisotopic (exact) mass is 309 g/mol. The van der Waals surface area contributed by atoms with Gasteiger partial charge in [-0.3, -0.25) is 4.68 Å². The van der Waals surface area contributed by atoms with Gasteiger partial charge in [0.1, 0.15) is 5.75 Å². The van der Waals surface area contributed by atoms with Gasteiger partial charge in [-0.05, 0) is 33.6 Å². The second-order valence-electron chi connectivity index (χ2n) is 3.98. The molecule has 96 valence electrons. The zero-order chi connectivity index (χ0) is 12.8. The number of rotatable bonds is 6. The van der Waals surface area contributed by atoms with Crippen molar-refractivity contribution >= 4 is 15.9 Å². The van der Waals surface area contributed by atoms with E-state index >= 15 is 0 Å². The molecule has 2 N–H and O–H groups in total. The van der Waals surface area contributed by atoms with E-state index in [2.05, 4.69) is 21.0 Å². The highest BCUT2D eigenvalue weighted by Crippen LogP contribution is 2.13. The maximum atomic E-state index is 5.67. The molecule has 1 aromatic carbocycles. The number of ether oxygens (including phenoxy) is 1. The summed E-state index contributed by atoms with van der Waals surface area (Å²) in [5.74, 6) is 0.875. The normalized spacial score (nSPS) is 10.6. The number of hydrogen-bond acceptors (Lipinski definition) is 3. The van der Waals surface area contributed by atoms with Gasteiger partial charge in [-0.1, -0.05) is 12.1 Å². The minimum Gasteiger partial charge on any atom is -0.494 e. The van der Waals surface area contributed by atoms with Crippen molar-refractivity contribution in [1.82, 2.24) is 9.78 Å². The molecule has 0 aliphatic carbocycles. The van der Waals surface area contributed by atoms with Gasteiger partial charge in [0.25, 0.3) is 0 Å². The minimum absolute atomic E-state index is 0.540. The first-order valence-corrected chi connectivity index (χ1v) is 6.67. The van der Waals surface area contributed by atoms with Crippen LogP contribution in [0, 0.1) is 0 Å². The van der Waals surface area contributed by atoms with E-state index in [0.29, 0.717) is 13.2 Å². The second kappa shape index (κ2) is 6.56. The quantitative estimate of drug-likeness (QED) is 0.834. The summed E-state index contributed by atoms with van der Waals surface area (Å²) in [5.41, 5.74) is 6.67. The summed E-state index contributed by atoms with van der Waals surface area (Å²) in [6, 6.07) is 7.88. The maximum Gasteiger partial charge on any atom is 0.119 e. The second-order valence-corrected chi connectivity index (χ2v) is 4.89. The number of hydrogen-bond donors (Lipinski definition) is 1. The highest BCUT2D eigenvalue weighted by atomic mass is 79.9. The third kappa shape index (κ3) is 3.85. The highest BCUT2D eigenvalue weighted by molar-refractivity contribution is 9.10. The van der Waals surface area contributed by atoms with E-state index in [4.69, 9.17) is 10.5 Å². The zero-order valence-corrected chi connectivity index (χ0v) is 11.6. The van der Waals surface area contributed by atoms with Crippen LogP contribution in [-0.2, 0) is 13.1 Å². The Bertz CT molecular complexity index is 498. The summed E-state index contributed by atoms with van der Waals surface area (Å²) in [6.45, 7) is 2.06. The van der Waals surface area contributed by atoms with Crippen LogP contribution in [0.4, 0.5) is 0 Å². The summed E-state index contributed by atoms with van der Waals surface area (Å²) in [6.07, 6.45) is 4.65. The predicted octanol–water partition coefficient (Wildman–Crippen LogP) is 2.57. The van der Waals surface area contributed by atoms with E-state index in [1.54, 1.807) is 6.20 Å². The Morgan fingerprint density at radius 3 is 3.00 bits per heavy atom. The summed E-state index contributed by atoms with van der Waals surface area (Å²) >= 11 is 3.37. The van der Waals surface area contributed by atoms with Crippen molar-refractivity contribution in [1.29, 1.82) is 0 Å². The van der Waals surface area contributed by atoms with Gasteiger partial charge in [-0.25, -0.2) is 0 Å². The van der Waals surface area contributed by atoms with Crippen molar-refractivity contribution in [2.75, 3.05) is 6.61 Å². The largest absolute Gasteiger partial charge is 0.494 e. The van der Waals surface area contributed by atoms with Crippen molar-refractivity contribution < 1.29 is 4.74 Å². The molecule has 0 saturated heterocycles. The molecular weight excluding hydrogens is 294 g/mol. The van der Waals surface area contributed by atoms with Crippen LogP contribution in [0.3, 0.4) is 0 Å². The zero-order valence-electron chi connectivity index (χ0n) is 10.1. The van der Waals surface area contributed by atoms with Crippen LogP contribution >= 0.6 is 15.9 Å². The van der Waals surface area contributed by atoms with Gasteiger partial charge >= 0.3 is 0 Å². The molecule has 18 heavy (non-hydrogen) atoms. The molecule has 0 radical (unpaired) electrons. The van der Waals surface area contributed by atoms with Crippen LogP contribution < -0.4 is 10.5 Å². The molecule has 4 nitrogen and oxygen atoms in total. The van der Waals surface area contributed by atoms with E-state index in [1.165, 1.54) is 0 Å². The van der Waals surface area contributed by atoms with E-state index < -0.39 is 0 Å². The molecular formula is C13H16BrN3O. The van der Waals surface area contributed by atoms with Gasteiger partial charge in [0.05, 0.1) is 17.3 Å². The fraction of sp³-hybridized carbons (Fsp3) is 0.308. The number of halogens is 1. The number of aryl methyl sites for hydroxylation is 1.